The van der Waals surface area contributed by atoms with Crippen LogP contribution in [-0.2, 0) is 14.3 Å². The number of likely N-dealkylation sites (N-methyl/N-ethyl adjacent to an activating group) is 1. The number of ketones is 1. The van der Waals surface area contributed by atoms with E-state index in [2.05, 4.69) is 35.0 Å². The second kappa shape index (κ2) is 25.4. The SMILES string of the molecule is CCCCCCCCCCCCCCCC(=O)OC(C[N+](C)(C)C)C(=O)CCCCCCCCCCC. The van der Waals surface area contributed by atoms with Crippen molar-refractivity contribution in [2.45, 2.75) is 174 Å². The minimum atomic E-state index is -0.594. The number of carbonyl (C=O) groups excluding carboxylic acids is 2. The van der Waals surface area contributed by atoms with E-state index >= 15 is 0 Å². The van der Waals surface area contributed by atoms with Gasteiger partial charge in [0.2, 0.25) is 6.10 Å². The summed E-state index contributed by atoms with van der Waals surface area (Å²) in [6.07, 6.45) is 28.3. The molecule has 0 fully saturated rings. The quantitative estimate of drug-likeness (QED) is 0.0581. The number of hydrogen-bond acceptors (Lipinski definition) is 3. The fourth-order valence-corrected chi connectivity index (χ4v) is 4.98. The molecule has 0 aromatic heterocycles. The van der Waals surface area contributed by atoms with Gasteiger partial charge < -0.3 is 9.22 Å². The number of rotatable bonds is 28. The van der Waals surface area contributed by atoms with Crippen LogP contribution in [-0.4, -0.2) is 50.0 Å². The molecule has 1 unspecified atom stereocenters. The highest BCUT2D eigenvalue weighted by Gasteiger charge is 2.28. The lowest BCUT2D eigenvalue weighted by Crippen LogP contribution is -2.46. The Hall–Kier alpha value is -0.900. The van der Waals surface area contributed by atoms with E-state index in [0.29, 0.717) is 23.9 Å². The van der Waals surface area contributed by atoms with E-state index in [0.717, 1.165) is 25.7 Å². The molecule has 1 atom stereocenters. The van der Waals surface area contributed by atoms with Gasteiger partial charge in [-0.1, -0.05) is 142 Å². The molecular formula is C33H66NO3+. The third-order valence-corrected chi connectivity index (χ3v) is 7.36. The van der Waals surface area contributed by atoms with Gasteiger partial charge in [-0.3, -0.25) is 9.59 Å². The maximum atomic E-state index is 12.9. The fourth-order valence-electron chi connectivity index (χ4n) is 4.98. The number of unbranched alkanes of at least 4 members (excludes halogenated alkanes) is 20. The first-order chi connectivity index (χ1) is 17.8. The van der Waals surface area contributed by atoms with Crippen molar-refractivity contribution in [3.05, 3.63) is 0 Å². The van der Waals surface area contributed by atoms with Crippen molar-refractivity contribution in [2.24, 2.45) is 0 Å². The fraction of sp³-hybridized carbons (Fsp3) is 0.939. The first-order valence-corrected chi connectivity index (χ1v) is 16.3. The van der Waals surface area contributed by atoms with Gasteiger partial charge in [-0.15, -0.1) is 0 Å². The summed E-state index contributed by atoms with van der Waals surface area (Å²) >= 11 is 0. The summed E-state index contributed by atoms with van der Waals surface area (Å²) in [6, 6.07) is 0. The third-order valence-electron chi connectivity index (χ3n) is 7.36. The number of hydrogen-bond donors (Lipinski definition) is 0. The largest absolute Gasteiger partial charge is 0.448 e. The Morgan fingerprint density at radius 2 is 0.838 bits per heavy atom. The molecule has 0 aromatic rings. The minimum Gasteiger partial charge on any atom is -0.448 e. The highest BCUT2D eigenvalue weighted by molar-refractivity contribution is 5.85. The molecule has 0 heterocycles. The Kier molecular flexibility index (Phi) is 24.8. The first-order valence-electron chi connectivity index (χ1n) is 16.3. The number of ether oxygens (including phenoxy) is 1. The molecule has 0 aliphatic heterocycles. The predicted octanol–water partition coefficient (Wildman–Crippen LogP) is 9.58. The highest BCUT2D eigenvalue weighted by atomic mass is 16.5. The van der Waals surface area contributed by atoms with Crippen LogP contribution in [0.3, 0.4) is 0 Å². The Labute approximate surface area is 232 Å². The molecule has 0 amide bonds. The summed E-state index contributed by atoms with van der Waals surface area (Å²) in [5.41, 5.74) is 0. The van der Waals surface area contributed by atoms with Gasteiger partial charge >= 0.3 is 5.97 Å². The highest BCUT2D eigenvalue weighted by Crippen LogP contribution is 2.15. The maximum absolute atomic E-state index is 12.9. The molecule has 0 rings (SSSR count). The molecule has 0 spiro atoms. The zero-order valence-corrected chi connectivity index (χ0v) is 25.9. The molecule has 4 nitrogen and oxygen atoms in total. The molecule has 0 N–H and O–H groups in total. The Bertz CT molecular complexity index is 526. The van der Waals surface area contributed by atoms with Crippen molar-refractivity contribution >= 4 is 11.8 Å². The molecule has 0 saturated heterocycles. The van der Waals surface area contributed by atoms with Gasteiger partial charge in [-0.25, -0.2) is 0 Å². The van der Waals surface area contributed by atoms with E-state index < -0.39 is 6.10 Å². The van der Waals surface area contributed by atoms with Crippen LogP contribution in [0.15, 0.2) is 0 Å². The molecule has 0 aliphatic carbocycles. The average Bonchev–Trinajstić information content (AvgIpc) is 2.84. The number of quaternary nitrogens is 1. The molecule has 37 heavy (non-hydrogen) atoms. The van der Waals surface area contributed by atoms with Gasteiger partial charge in [-0.2, -0.15) is 0 Å². The normalized spacial score (nSPS) is 12.6. The molecule has 220 valence electrons. The summed E-state index contributed by atoms with van der Waals surface area (Å²) in [5.74, 6) is -0.0864. The zero-order chi connectivity index (χ0) is 27.6. The number of carbonyl (C=O) groups is 2. The van der Waals surface area contributed by atoms with Crippen molar-refractivity contribution in [3.8, 4) is 0 Å². The monoisotopic (exact) mass is 525 g/mol. The minimum absolute atomic E-state index is 0.106. The molecular weight excluding hydrogens is 458 g/mol. The average molecular weight is 525 g/mol. The van der Waals surface area contributed by atoms with Gasteiger partial charge in [0.05, 0.1) is 21.1 Å². The summed E-state index contributed by atoms with van der Waals surface area (Å²) in [5, 5.41) is 0. The van der Waals surface area contributed by atoms with Crippen molar-refractivity contribution in [1.29, 1.82) is 0 Å². The summed E-state index contributed by atoms with van der Waals surface area (Å²) < 4.78 is 6.35. The van der Waals surface area contributed by atoms with E-state index in [1.165, 1.54) is 116 Å². The second-order valence-corrected chi connectivity index (χ2v) is 12.5. The molecule has 0 aliphatic rings. The lowest BCUT2D eigenvalue weighted by atomic mass is 10.0. The number of nitrogens with zero attached hydrogens (tertiary/aromatic N) is 1. The van der Waals surface area contributed by atoms with Crippen molar-refractivity contribution in [1.82, 2.24) is 0 Å². The van der Waals surface area contributed by atoms with Crippen LogP contribution in [0.2, 0.25) is 0 Å². The van der Waals surface area contributed by atoms with E-state index in [1.807, 2.05) is 0 Å². The smallest absolute Gasteiger partial charge is 0.306 e. The lowest BCUT2D eigenvalue weighted by molar-refractivity contribution is -0.872. The van der Waals surface area contributed by atoms with E-state index in [-0.39, 0.29) is 11.8 Å². The van der Waals surface area contributed by atoms with Crippen LogP contribution >= 0.6 is 0 Å². The third kappa shape index (κ3) is 26.5. The van der Waals surface area contributed by atoms with Gasteiger partial charge in [0.25, 0.3) is 0 Å². The van der Waals surface area contributed by atoms with Gasteiger partial charge in [0.15, 0.2) is 5.78 Å². The van der Waals surface area contributed by atoms with Crippen LogP contribution < -0.4 is 0 Å². The zero-order valence-electron chi connectivity index (χ0n) is 25.9. The van der Waals surface area contributed by atoms with Crippen molar-refractivity contribution in [3.63, 3.8) is 0 Å². The van der Waals surface area contributed by atoms with Crippen LogP contribution in [0.5, 0.6) is 0 Å². The Balaban J connectivity index is 3.95. The number of esters is 1. The molecule has 0 saturated carbocycles. The topological polar surface area (TPSA) is 43.4 Å². The van der Waals surface area contributed by atoms with Gasteiger partial charge in [0, 0.05) is 12.8 Å². The second-order valence-electron chi connectivity index (χ2n) is 12.5. The summed E-state index contributed by atoms with van der Waals surface area (Å²) in [7, 11) is 6.16. The summed E-state index contributed by atoms with van der Waals surface area (Å²) in [6.45, 7) is 5.08. The standard InChI is InChI=1S/C33H66NO3/c1-6-8-10-12-14-16-17-18-19-21-23-25-27-29-33(36)37-32(30-34(3,4)5)31(35)28-26-24-22-20-15-13-11-9-7-2/h32H,6-30H2,1-5H3/q+1. The van der Waals surface area contributed by atoms with Crippen LogP contribution in [0.4, 0.5) is 0 Å². The van der Waals surface area contributed by atoms with Gasteiger partial charge in [-0.05, 0) is 12.8 Å². The van der Waals surface area contributed by atoms with Crippen LogP contribution in [0.25, 0.3) is 0 Å². The van der Waals surface area contributed by atoms with Gasteiger partial charge in [0.1, 0.15) is 6.54 Å². The molecule has 0 aromatic carbocycles. The van der Waals surface area contributed by atoms with Crippen molar-refractivity contribution < 1.29 is 18.8 Å². The Morgan fingerprint density at radius 3 is 1.19 bits per heavy atom. The summed E-state index contributed by atoms with van der Waals surface area (Å²) in [4.78, 5) is 25.4. The molecule has 0 bridgehead atoms. The van der Waals surface area contributed by atoms with E-state index in [4.69, 9.17) is 4.74 Å². The van der Waals surface area contributed by atoms with E-state index in [1.54, 1.807) is 0 Å². The molecule has 4 heteroatoms. The first kappa shape index (κ1) is 36.1. The Morgan fingerprint density at radius 1 is 0.514 bits per heavy atom. The number of Topliss-reactive ketones (excluding diaryl/α,β-unsaturated/α-hetero) is 1. The van der Waals surface area contributed by atoms with Crippen LogP contribution in [0, 0.1) is 0 Å². The van der Waals surface area contributed by atoms with Crippen LogP contribution in [0.1, 0.15) is 168 Å². The molecule has 0 radical (unpaired) electrons. The van der Waals surface area contributed by atoms with Crippen molar-refractivity contribution in [2.75, 3.05) is 27.7 Å². The van der Waals surface area contributed by atoms with E-state index in [9.17, 15) is 9.59 Å². The maximum Gasteiger partial charge on any atom is 0.306 e. The lowest BCUT2D eigenvalue weighted by Gasteiger charge is -2.28. The predicted molar refractivity (Wildman–Crippen MR) is 160 cm³/mol.